The molecule has 0 aliphatic rings. The van der Waals surface area contributed by atoms with E-state index in [9.17, 15) is 0 Å². The van der Waals surface area contributed by atoms with Crippen LogP contribution in [-0.4, -0.2) is 0 Å². The summed E-state index contributed by atoms with van der Waals surface area (Å²) >= 11 is 0. The van der Waals surface area contributed by atoms with Crippen molar-refractivity contribution in [3.63, 3.8) is 0 Å². The summed E-state index contributed by atoms with van der Waals surface area (Å²) in [6, 6.07) is 94.3. The van der Waals surface area contributed by atoms with Crippen molar-refractivity contribution in [2.24, 2.45) is 0 Å². The molecule has 0 atom stereocenters. The van der Waals surface area contributed by atoms with Gasteiger partial charge in [-0.3, -0.25) is 0 Å². The van der Waals surface area contributed by atoms with Gasteiger partial charge in [-0.15, -0.1) is 0 Å². The predicted molar refractivity (Wildman–Crippen MR) is 385 cm³/mol. The number of fused-ring (bicyclic) bond motifs is 2. The van der Waals surface area contributed by atoms with Crippen molar-refractivity contribution in [2.45, 2.75) is 69.2 Å². The lowest BCUT2D eigenvalue weighted by Gasteiger charge is -2.31. The summed E-state index contributed by atoms with van der Waals surface area (Å²) in [5, 5.41) is 4.75. The number of hydrogen-bond acceptors (Lipinski definition) is 2. The minimum atomic E-state index is 1.09. The zero-order valence-electron chi connectivity index (χ0n) is 52.5. The average molecular weight is 1140 g/mol. The third kappa shape index (κ3) is 12.5. The zero-order chi connectivity index (χ0) is 61.0. The predicted octanol–water partition coefficient (Wildman–Crippen LogP) is 24.7. The highest BCUT2D eigenvalue weighted by atomic mass is 15.2. The summed E-state index contributed by atoms with van der Waals surface area (Å²) in [6.07, 6.45) is 9.14. The van der Waals surface area contributed by atoms with Crippen LogP contribution in [0.5, 0.6) is 0 Å². The molecule has 0 aliphatic heterocycles. The molecule has 12 rings (SSSR count). The molecule has 430 valence electrons. The molecule has 0 heterocycles. The van der Waals surface area contributed by atoms with Gasteiger partial charge in [0.25, 0.3) is 0 Å². The second-order valence-electron chi connectivity index (χ2n) is 24.1. The minimum Gasteiger partial charge on any atom is -0.310 e. The van der Waals surface area contributed by atoms with Crippen LogP contribution in [0.15, 0.2) is 255 Å². The summed E-state index contributed by atoms with van der Waals surface area (Å²) in [5.41, 5.74) is 30.9. The summed E-state index contributed by atoms with van der Waals surface area (Å²) < 4.78 is 0. The van der Waals surface area contributed by atoms with Crippen LogP contribution in [0.25, 0.3) is 79.3 Å². The van der Waals surface area contributed by atoms with Crippen LogP contribution in [0.1, 0.15) is 106 Å². The molecule has 12 aromatic rings. The maximum atomic E-state index is 2.46. The van der Waals surface area contributed by atoms with E-state index in [1.807, 2.05) is 0 Å². The minimum absolute atomic E-state index is 1.09. The van der Waals surface area contributed by atoms with Crippen LogP contribution in [0.3, 0.4) is 0 Å². The van der Waals surface area contributed by atoms with E-state index in [-0.39, 0.29) is 0 Å². The van der Waals surface area contributed by atoms with Crippen LogP contribution >= 0.6 is 0 Å². The molecule has 0 bridgehead atoms. The van der Waals surface area contributed by atoms with Crippen molar-refractivity contribution in [1.29, 1.82) is 0 Å². The summed E-state index contributed by atoms with van der Waals surface area (Å²) in [6.45, 7) is 21.9. The first kappa shape index (κ1) is 58.1. The molecule has 0 unspecified atom stereocenters. The van der Waals surface area contributed by atoms with Crippen molar-refractivity contribution < 1.29 is 0 Å². The maximum Gasteiger partial charge on any atom is 0.0569 e. The molecule has 2 heteroatoms. The van der Waals surface area contributed by atoms with Crippen LogP contribution in [0, 0.1) is 41.5 Å². The van der Waals surface area contributed by atoms with Crippen molar-refractivity contribution in [3.05, 3.63) is 333 Å². The van der Waals surface area contributed by atoms with Crippen LogP contribution in [0.2, 0.25) is 0 Å². The van der Waals surface area contributed by atoms with Crippen molar-refractivity contribution >= 4 is 102 Å². The molecular weight excluding hydrogens is 1060 g/mol. The molecule has 0 aliphatic carbocycles. The van der Waals surface area contributed by atoms with Gasteiger partial charge in [-0.05, 0) is 230 Å². The number of nitrogens with zero attached hydrogens (tertiary/aromatic N) is 2. The quantitative estimate of drug-likeness (QED) is 0.0944. The number of aryl methyl sites for hydroxylation is 6. The SMILES string of the molecule is C/C(=C\c1ccc(N(c2ccc(/C=C(\C)c3ccc(C)cc3)cc2)c2c(C)cc(-c3cc(C)c(N(c4ccc(/C=C(\C)c5ccc(C)cc5)cc4)c4ccc(/C=C(\C)c5ccc(C)cc5)cc4)c4ccccc34)c3ccccc23)cc1)c1ccc(C)cc1. The molecule has 0 amide bonds. The van der Waals surface area contributed by atoms with E-state index >= 15 is 0 Å². The van der Waals surface area contributed by atoms with Gasteiger partial charge < -0.3 is 9.80 Å². The molecule has 0 spiro atoms. The fraction of sp³-hybridized carbons (Fsp3) is 0.116. The summed E-state index contributed by atoms with van der Waals surface area (Å²) in [4.78, 5) is 4.92. The van der Waals surface area contributed by atoms with Gasteiger partial charge in [0.1, 0.15) is 0 Å². The van der Waals surface area contributed by atoms with Crippen LogP contribution in [0.4, 0.5) is 34.1 Å². The fourth-order valence-corrected chi connectivity index (χ4v) is 12.3. The highest BCUT2D eigenvalue weighted by Crippen LogP contribution is 2.49. The number of allylic oxidation sites excluding steroid dienone is 4. The Balaban J connectivity index is 0.976. The van der Waals surface area contributed by atoms with Gasteiger partial charge in [0.15, 0.2) is 0 Å². The van der Waals surface area contributed by atoms with Gasteiger partial charge in [0, 0.05) is 33.5 Å². The largest absolute Gasteiger partial charge is 0.310 e. The Morgan fingerprint density at radius 3 is 0.693 bits per heavy atom. The highest BCUT2D eigenvalue weighted by Gasteiger charge is 2.24. The van der Waals surface area contributed by atoms with Gasteiger partial charge in [-0.25, -0.2) is 0 Å². The Labute approximate surface area is 522 Å². The summed E-state index contributed by atoms with van der Waals surface area (Å²) in [5.74, 6) is 0. The molecular formula is C86H76N2. The van der Waals surface area contributed by atoms with Crippen molar-refractivity contribution in [1.82, 2.24) is 0 Å². The third-order valence-electron chi connectivity index (χ3n) is 17.3. The molecule has 2 nitrogen and oxygen atoms in total. The lowest BCUT2D eigenvalue weighted by Crippen LogP contribution is -2.13. The van der Waals surface area contributed by atoms with E-state index in [0.29, 0.717) is 0 Å². The van der Waals surface area contributed by atoms with Crippen molar-refractivity contribution in [3.8, 4) is 11.1 Å². The number of hydrogen-bond donors (Lipinski definition) is 0. The van der Waals surface area contributed by atoms with E-state index in [1.165, 1.54) is 111 Å². The van der Waals surface area contributed by atoms with Crippen LogP contribution < -0.4 is 9.80 Å². The van der Waals surface area contributed by atoms with Gasteiger partial charge in [0.05, 0.1) is 11.4 Å². The zero-order valence-corrected chi connectivity index (χ0v) is 52.5. The maximum absolute atomic E-state index is 2.46. The van der Waals surface area contributed by atoms with E-state index in [2.05, 4.69) is 358 Å². The molecule has 12 aromatic carbocycles. The van der Waals surface area contributed by atoms with Crippen LogP contribution in [-0.2, 0) is 0 Å². The van der Waals surface area contributed by atoms with E-state index in [4.69, 9.17) is 0 Å². The molecule has 0 radical (unpaired) electrons. The first-order chi connectivity index (χ1) is 42.7. The molecule has 0 N–H and O–H groups in total. The number of benzene rings is 12. The van der Waals surface area contributed by atoms with Crippen molar-refractivity contribution in [2.75, 3.05) is 9.80 Å². The van der Waals surface area contributed by atoms with E-state index in [1.54, 1.807) is 0 Å². The second-order valence-corrected chi connectivity index (χ2v) is 24.1. The van der Waals surface area contributed by atoms with Gasteiger partial charge in [-0.2, -0.15) is 0 Å². The molecule has 0 aromatic heterocycles. The number of rotatable bonds is 15. The highest BCUT2D eigenvalue weighted by molar-refractivity contribution is 6.14. The first-order valence-electron chi connectivity index (χ1n) is 30.8. The standard InChI is InChI=1S/C86H76N2/c1-57-19-35-71(36-20-57)61(5)51-67-27-43-75(44-28-67)87(76-45-29-68(30-46-76)52-62(6)72-37-21-58(2)22-38-72)85-65(9)55-83(79-15-11-13-17-81(79)85)84-56-66(10)86(82-18-14-12-16-80(82)84)88(77-47-31-69(32-48-77)53-63(7)73-39-23-59(3)24-40-73)78-49-33-70(34-50-78)54-64(8)74-41-25-60(4)26-42-74/h11-56H,1-10H3/b61-51+,62-52+,63-53+,64-54+. The smallest absolute Gasteiger partial charge is 0.0569 e. The lowest BCUT2D eigenvalue weighted by molar-refractivity contribution is 1.26. The Hall–Kier alpha value is -10.3. The Kier molecular flexibility index (Phi) is 16.7. The molecule has 0 fully saturated rings. The topological polar surface area (TPSA) is 6.48 Å². The fourth-order valence-electron chi connectivity index (χ4n) is 12.3. The molecule has 0 saturated heterocycles. The lowest BCUT2D eigenvalue weighted by atomic mass is 9.88. The van der Waals surface area contributed by atoms with Gasteiger partial charge >= 0.3 is 0 Å². The Morgan fingerprint density at radius 1 is 0.250 bits per heavy atom. The second kappa shape index (κ2) is 25.4. The molecule has 88 heavy (non-hydrogen) atoms. The Morgan fingerprint density at radius 2 is 0.466 bits per heavy atom. The van der Waals surface area contributed by atoms with E-state index < -0.39 is 0 Å². The monoisotopic (exact) mass is 1140 g/mol. The third-order valence-corrected chi connectivity index (χ3v) is 17.3. The summed E-state index contributed by atoms with van der Waals surface area (Å²) in [7, 11) is 0. The van der Waals surface area contributed by atoms with Gasteiger partial charge in [0.2, 0.25) is 0 Å². The normalized spacial score (nSPS) is 12.2. The average Bonchev–Trinajstić information content (AvgIpc) is 1.28. The number of anilines is 6. The van der Waals surface area contributed by atoms with E-state index in [0.717, 1.165) is 56.4 Å². The first-order valence-corrected chi connectivity index (χ1v) is 30.8. The molecule has 0 saturated carbocycles. The Bertz CT molecular complexity index is 4100. The van der Waals surface area contributed by atoms with Gasteiger partial charge in [-0.1, -0.05) is 241 Å².